The van der Waals surface area contributed by atoms with Gasteiger partial charge in [0.05, 0.1) is 17.6 Å². The maximum atomic E-state index is 4.70. The maximum Gasteiger partial charge on any atom is 0.233 e. The highest BCUT2D eigenvalue weighted by atomic mass is 15.1. The summed E-state index contributed by atoms with van der Waals surface area (Å²) in [5.41, 5.74) is 4.00. The van der Waals surface area contributed by atoms with Crippen LogP contribution in [0.25, 0.3) is 11.4 Å². The number of imidazole rings is 2. The van der Waals surface area contributed by atoms with Crippen LogP contribution >= 0.6 is 0 Å². The first-order valence-electron chi connectivity index (χ1n) is 8.86. The molecule has 0 amide bonds. The molecule has 6 heteroatoms. The van der Waals surface area contributed by atoms with E-state index in [1.54, 1.807) is 6.20 Å². The van der Waals surface area contributed by atoms with Crippen LogP contribution in [0.2, 0.25) is 0 Å². The zero-order valence-electron chi connectivity index (χ0n) is 15.9. The van der Waals surface area contributed by atoms with E-state index in [0.717, 1.165) is 29.2 Å². The molecule has 0 bridgehead atoms. The molecule has 4 rings (SSSR count). The van der Waals surface area contributed by atoms with Gasteiger partial charge in [0.1, 0.15) is 0 Å². The lowest BCUT2D eigenvalue weighted by molar-refractivity contribution is 0.497. The summed E-state index contributed by atoms with van der Waals surface area (Å²) < 4.78 is 4.03. The quantitative estimate of drug-likeness (QED) is 0.568. The van der Waals surface area contributed by atoms with E-state index < -0.39 is 0 Å². The monoisotopic (exact) mass is 348 g/mol. The first-order valence-corrected chi connectivity index (χ1v) is 8.86. The van der Waals surface area contributed by atoms with Gasteiger partial charge in [0.25, 0.3) is 0 Å². The summed E-state index contributed by atoms with van der Waals surface area (Å²) >= 11 is 0. The summed E-state index contributed by atoms with van der Waals surface area (Å²) in [5, 5.41) is 0. The van der Waals surface area contributed by atoms with Gasteiger partial charge < -0.3 is 4.40 Å². The third kappa shape index (κ3) is 2.96. The summed E-state index contributed by atoms with van der Waals surface area (Å²) in [6.45, 7) is 10.9. The van der Waals surface area contributed by atoms with Crippen LogP contribution in [0.4, 0.5) is 0 Å². The van der Waals surface area contributed by atoms with Crippen LogP contribution in [0.5, 0.6) is 0 Å². The van der Waals surface area contributed by atoms with Crippen LogP contribution in [0.1, 0.15) is 51.6 Å². The molecule has 0 aromatic carbocycles. The molecule has 26 heavy (non-hydrogen) atoms. The maximum absolute atomic E-state index is 4.70. The average molecular weight is 348 g/mol. The van der Waals surface area contributed by atoms with Crippen molar-refractivity contribution in [3.05, 3.63) is 60.3 Å². The van der Waals surface area contributed by atoms with Gasteiger partial charge in [0.15, 0.2) is 5.65 Å². The molecule has 0 aliphatic heterocycles. The van der Waals surface area contributed by atoms with Crippen LogP contribution in [0, 0.1) is 0 Å². The van der Waals surface area contributed by atoms with E-state index >= 15 is 0 Å². The molecule has 0 aliphatic carbocycles. The number of hydrogen-bond acceptors (Lipinski definition) is 4. The molecular weight excluding hydrogens is 324 g/mol. The molecular formula is C20H24N6. The fourth-order valence-electron chi connectivity index (χ4n) is 3.13. The molecule has 0 unspecified atom stereocenters. The molecule has 0 saturated carbocycles. The Kier molecular flexibility index (Phi) is 3.61. The highest BCUT2D eigenvalue weighted by Gasteiger charge is 2.25. The Morgan fingerprint density at radius 2 is 1.69 bits per heavy atom. The zero-order valence-corrected chi connectivity index (χ0v) is 15.9. The minimum atomic E-state index is -0.150. The van der Waals surface area contributed by atoms with E-state index in [1.165, 1.54) is 5.56 Å². The Bertz CT molecular complexity index is 1080. The molecule has 0 spiro atoms. The van der Waals surface area contributed by atoms with Gasteiger partial charge in [-0.25, -0.2) is 15.0 Å². The van der Waals surface area contributed by atoms with Gasteiger partial charge in [-0.2, -0.15) is 0 Å². The smallest absolute Gasteiger partial charge is 0.233 e. The lowest BCUT2D eigenvalue weighted by atomic mass is 9.84. The standard InChI is InChI=1S/C20H24N6/c1-19(2,3)14-9-23-18-24-15(12-26(18)11-14)8-20(4,5)16-13-25-7-6-21-17(25)10-22-16/h6-7,9-13H,8H2,1-5H3. The van der Waals surface area contributed by atoms with Gasteiger partial charge in [-0.3, -0.25) is 9.38 Å². The predicted molar refractivity (Wildman–Crippen MR) is 101 cm³/mol. The van der Waals surface area contributed by atoms with Gasteiger partial charge in [0, 0.05) is 49.0 Å². The van der Waals surface area contributed by atoms with Crippen molar-refractivity contribution in [1.29, 1.82) is 0 Å². The van der Waals surface area contributed by atoms with Crippen molar-refractivity contribution in [2.75, 3.05) is 0 Å². The van der Waals surface area contributed by atoms with Crippen LogP contribution in [-0.4, -0.2) is 28.7 Å². The molecule has 0 fully saturated rings. The third-order valence-electron chi connectivity index (χ3n) is 4.82. The molecule has 4 heterocycles. The third-order valence-corrected chi connectivity index (χ3v) is 4.82. The summed E-state index contributed by atoms with van der Waals surface area (Å²) in [7, 11) is 0. The van der Waals surface area contributed by atoms with Crippen molar-refractivity contribution in [3.8, 4) is 0 Å². The van der Waals surface area contributed by atoms with Crippen molar-refractivity contribution in [3.63, 3.8) is 0 Å². The zero-order chi connectivity index (χ0) is 18.5. The highest BCUT2D eigenvalue weighted by molar-refractivity contribution is 5.37. The molecule has 134 valence electrons. The number of fused-ring (bicyclic) bond motifs is 2. The fraction of sp³-hybridized carbons (Fsp3) is 0.400. The summed E-state index contributed by atoms with van der Waals surface area (Å²) in [5.74, 6) is 0.738. The minimum absolute atomic E-state index is 0.0645. The van der Waals surface area contributed by atoms with Crippen LogP contribution < -0.4 is 0 Å². The van der Waals surface area contributed by atoms with Crippen molar-refractivity contribution >= 4 is 11.4 Å². The Morgan fingerprint density at radius 3 is 2.46 bits per heavy atom. The fourth-order valence-corrected chi connectivity index (χ4v) is 3.13. The molecule has 4 aromatic rings. The number of nitrogens with zero attached hydrogens (tertiary/aromatic N) is 6. The summed E-state index contributed by atoms with van der Waals surface area (Å²) in [6, 6.07) is 0. The summed E-state index contributed by atoms with van der Waals surface area (Å²) in [4.78, 5) is 18.1. The first kappa shape index (κ1) is 16.7. The largest absolute Gasteiger partial charge is 0.304 e. The summed E-state index contributed by atoms with van der Waals surface area (Å²) in [6.07, 6.45) is 14.5. The minimum Gasteiger partial charge on any atom is -0.304 e. The van der Waals surface area contributed by atoms with Crippen molar-refractivity contribution in [2.24, 2.45) is 0 Å². The van der Waals surface area contributed by atoms with Crippen molar-refractivity contribution < 1.29 is 0 Å². The van der Waals surface area contributed by atoms with Gasteiger partial charge >= 0.3 is 0 Å². The van der Waals surface area contributed by atoms with Gasteiger partial charge in [-0.15, -0.1) is 0 Å². The second kappa shape index (κ2) is 5.62. The first-order chi connectivity index (χ1) is 12.2. The van der Waals surface area contributed by atoms with E-state index in [-0.39, 0.29) is 10.8 Å². The van der Waals surface area contributed by atoms with Crippen LogP contribution in [0.15, 0.2) is 43.4 Å². The van der Waals surface area contributed by atoms with Crippen LogP contribution in [-0.2, 0) is 17.3 Å². The van der Waals surface area contributed by atoms with Gasteiger partial charge in [0.2, 0.25) is 5.78 Å². The number of rotatable bonds is 3. The molecule has 0 saturated heterocycles. The molecule has 0 N–H and O–H groups in total. The average Bonchev–Trinajstić information content (AvgIpc) is 3.17. The van der Waals surface area contributed by atoms with Gasteiger partial charge in [-0.1, -0.05) is 34.6 Å². The predicted octanol–water partition coefficient (Wildman–Crippen LogP) is 3.59. The lowest BCUT2D eigenvalue weighted by Crippen LogP contribution is -2.23. The van der Waals surface area contributed by atoms with Crippen LogP contribution in [0.3, 0.4) is 0 Å². The Morgan fingerprint density at radius 1 is 0.885 bits per heavy atom. The molecule has 6 nitrogen and oxygen atoms in total. The molecule has 0 radical (unpaired) electrons. The SMILES string of the molecule is CC(C)(C)c1cnc2nc(CC(C)(C)c3cn4ccnc4cn3)cn2c1. The van der Waals surface area contributed by atoms with E-state index in [0.29, 0.717) is 0 Å². The van der Waals surface area contributed by atoms with E-state index in [4.69, 9.17) is 4.98 Å². The Balaban J connectivity index is 1.66. The molecule has 4 aromatic heterocycles. The van der Waals surface area contributed by atoms with Gasteiger partial charge in [-0.05, 0) is 11.0 Å². The Hall–Kier alpha value is -2.76. The second-order valence-electron chi connectivity index (χ2n) is 8.56. The van der Waals surface area contributed by atoms with E-state index in [9.17, 15) is 0 Å². The Labute approximate surface area is 153 Å². The molecule has 0 atom stereocenters. The molecule has 0 aliphatic rings. The normalized spacial score (nSPS) is 13.0. The lowest BCUT2D eigenvalue weighted by Gasteiger charge is -2.22. The highest BCUT2D eigenvalue weighted by Crippen LogP contribution is 2.27. The second-order valence-corrected chi connectivity index (χ2v) is 8.56. The van der Waals surface area contributed by atoms with Crippen molar-refractivity contribution in [1.82, 2.24) is 28.7 Å². The van der Waals surface area contributed by atoms with E-state index in [1.807, 2.05) is 33.6 Å². The number of hydrogen-bond donors (Lipinski definition) is 0. The topological polar surface area (TPSA) is 60.4 Å². The number of aromatic nitrogens is 6. The van der Waals surface area contributed by atoms with Crippen molar-refractivity contribution in [2.45, 2.75) is 51.9 Å². The van der Waals surface area contributed by atoms with E-state index in [2.05, 4.69) is 62.0 Å².